The van der Waals surface area contributed by atoms with Gasteiger partial charge in [-0.25, -0.2) is 14.2 Å². The molecule has 0 saturated carbocycles. The van der Waals surface area contributed by atoms with Gasteiger partial charge in [0, 0.05) is 6.20 Å². The van der Waals surface area contributed by atoms with Crippen LogP contribution >= 0.6 is 0 Å². The van der Waals surface area contributed by atoms with Crippen molar-refractivity contribution in [1.82, 2.24) is 10.3 Å². The predicted molar refractivity (Wildman–Crippen MR) is 61.0 cm³/mol. The predicted octanol–water partition coefficient (Wildman–Crippen LogP) is 1.58. The minimum atomic E-state index is -1.37. The highest BCUT2D eigenvalue weighted by molar-refractivity contribution is 5.94. The molecule has 0 bridgehead atoms. The Kier molecular flexibility index (Phi) is 3.74. The normalized spacial score (nSPS) is 10.3. The third kappa shape index (κ3) is 2.79. The Bertz CT molecular complexity index is 669. The summed E-state index contributed by atoms with van der Waals surface area (Å²) < 4.78 is 31.0. The molecule has 0 aliphatic heterocycles. The van der Waals surface area contributed by atoms with E-state index < -0.39 is 29.2 Å². The highest BCUT2D eigenvalue weighted by atomic mass is 19.2. The number of hydrogen-bond donors (Lipinski definition) is 2. The van der Waals surface area contributed by atoms with Crippen molar-refractivity contribution < 1.29 is 27.9 Å². The van der Waals surface area contributed by atoms with Gasteiger partial charge in [-0.3, -0.25) is 4.79 Å². The van der Waals surface area contributed by atoms with E-state index in [9.17, 15) is 18.4 Å². The average Bonchev–Trinajstić information content (AvgIpc) is 2.88. The molecule has 0 aromatic carbocycles. The van der Waals surface area contributed by atoms with Crippen LogP contribution in [0.1, 0.15) is 26.7 Å². The van der Waals surface area contributed by atoms with Gasteiger partial charge in [-0.15, -0.1) is 0 Å². The highest BCUT2D eigenvalue weighted by Gasteiger charge is 2.16. The van der Waals surface area contributed by atoms with Crippen LogP contribution in [0.2, 0.25) is 0 Å². The van der Waals surface area contributed by atoms with Crippen molar-refractivity contribution >= 4 is 11.9 Å². The standard InChI is InChI=1S/C12H8F2N2O4/c13-9-7(3-4-15-10(9)14)11(17)16-5-6-1-2-8(20-6)12(18)19/h1-4H,5H2,(H,16,17)(H,18,19). The summed E-state index contributed by atoms with van der Waals surface area (Å²) in [4.78, 5) is 25.3. The number of carbonyl (C=O) groups excluding carboxylic acids is 1. The molecule has 0 spiro atoms. The Morgan fingerprint density at radius 3 is 2.70 bits per heavy atom. The molecule has 0 saturated heterocycles. The lowest BCUT2D eigenvalue weighted by Gasteiger charge is -2.04. The topological polar surface area (TPSA) is 92.4 Å². The van der Waals surface area contributed by atoms with E-state index in [1.165, 1.54) is 12.1 Å². The lowest BCUT2D eigenvalue weighted by atomic mass is 10.2. The molecule has 2 rings (SSSR count). The maximum Gasteiger partial charge on any atom is 0.371 e. The molecule has 2 aromatic rings. The summed E-state index contributed by atoms with van der Waals surface area (Å²) in [6.07, 6.45) is 0.961. The average molecular weight is 282 g/mol. The second-order valence-corrected chi connectivity index (χ2v) is 3.72. The smallest absolute Gasteiger partial charge is 0.371 e. The second-order valence-electron chi connectivity index (χ2n) is 3.72. The molecule has 0 atom stereocenters. The monoisotopic (exact) mass is 282 g/mol. The van der Waals surface area contributed by atoms with Gasteiger partial charge in [0.25, 0.3) is 5.91 Å². The Morgan fingerprint density at radius 2 is 2.05 bits per heavy atom. The van der Waals surface area contributed by atoms with E-state index in [1.54, 1.807) is 0 Å². The van der Waals surface area contributed by atoms with Crippen molar-refractivity contribution in [1.29, 1.82) is 0 Å². The minimum Gasteiger partial charge on any atom is -0.475 e. The number of nitrogens with zero attached hydrogens (tertiary/aromatic N) is 1. The van der Waals surface area contributed by atoms with Crippen LogP contribution in [0, 0.1) is 11.8 Å². The zero-order valence-electron chi connectivity index (χ0n) is 9.89. The number of aromatic nitrogens is 1. The molecule has 104 valence electrons. The molecule has 6 nitrogen and oxygen atoms in total. The number of hydrogen-bond acceptors (Lipinski definition) is 4. The molecule has 2 aromatic heterocycles. The van der Waals surface area contributed by atoms with Crippen LogP contribution < -0.4 is 5.32 Å². The van der Waals surface area contributed by atoms with Crippen molar-refractivity contribution in [3.63, 3.8) is 0 Å². The third-order valence-corrected chi connectivity index (χ3v) is 2.39. The van der Waals surface area contributed by atoms with Gasteiger partial charge in [-0.1, -0.05) is 0 Å². The highest BCUT2D eigenvalue weighted by Crippen LogP contribution is 2.10. The maximum atomic E-state index is 13.3. The SMILES string of the molecule is O=C(O)c1ccc(CNC(=O)c2ccnc(F)c2F)o1. The Hall–Kier alpha value is -2.77. The van der Waals surface area contributed by atoms with Crippen LogP contribution in [0.25, 0.3) is 0 Å². The number of rotatable bonds is 4. The number of carboxylic acid groups (broad SMARTS) is 1. The first-order valence-corrected chi connectivity index (χ1v) is 5.39. The number of nitrogens with one attached hydrogen (secondary N) is 1. The summed E-state index contributed by atoms with van der Waals surface area (Å²) in [6.45, 7) is -0.157. The zero-order valence-corrected chi connectivity index (χ0v) is 9.89. The second kappa shape index (κ2) is 5.47. The summed E-state index contributed by atoms with van der Waals surface area (Å²) in [6, 6.07) is 3.60. The van der Waals surface area contributed by atoms with Gasteiger partial charge in [-0.05, 0) is 18.2 Å². The number of carboxylic acids is 1. The molecule has 0 fully saturated rings. The van der Waals surface area contributed by atoms with Crippen molar-refractivity contribution in [3.05, 3.63) is 53.2 Å². The van der Waals surface area contributed by atoms with E-state index >= 15 is 0 Å². The first kappa shape index (κ1) is 13.7. The number of furan rings is 1. The molecule has 0 aliphatic carbocycles. The lowest BCUT2D eigenvalue weighted by Crippen LogP contribution is -2.24. The number of amides is 1. The molecule has 0 aliphatic rings. The van der Waals surface area contributed by atoms with Gasteiger partial charge in [-0.2, -0.15) is 4.39 Å². The molecular weight excluding hydrogens is 274 g/mol. The fraction of sp³-hybridized carbons (Fsp3) is 0.0833. The summed E-state index contributed by atoms with van der Waals surface area (Å²) in [5.74, 6) is -4.94. The molecule has 1 amide bonds. The van der Waals surface area contributed by atoms with E-state index in [1.807, 2.05) is 0 Å². The van der Waals surface area contributed by atoms with Crippen molar-refractivity contribution in [3.8, 4) is 0 Å². The van der Waals surface area contributed by atoms with Gasteiger partial charge >= 0.3 is 5.97 Å². The number of pyridine rings is 1. The van der Waals surface area contributed by atoms with Crippen LogP contribution in [0.3, 0.4) is 0 Å². The maximum absolute atomic E-state index is 13.3. The fourth-order valence-corrected chi connectivity index (χ4v) is 1.44. The number of halogens is 2. The van der Waals surface area contributed by atoms with E-state index in [2.05, 4.69) is 10.3 Å². The summed E-state index contributed by atoms with van der Waals surface area (Å²) in [7, 11) is 0. The third-order valence-electron chi connectivity index (χ3n) is 2.39. The Balaban J connectivity index is 2.05. The van der Waals surface area contributed by atoms with E-state index in [0.717, 1.165) is 12.3 Å². The molecule has 20 heavy (non-hydrogen) atoms. The zero-order chi connectivity index (χ0) is 14.7. The summed E-state index contributed by atoms with van der Waals surface area (Å²) >= 11 is 0. The first-order valence-electron chi connectivity index (χ1n) is 5.39. The Morgan fingerprint density at radius 1 is 1.30 bits per heavy atom. The Labute approximate surface area is 111 Å². The largest absolute Gasteiger partial charge is 0.475 e. The van der Waals surface area contributed by atoms with Crippen LogP contribution in [0.15, 0.2) is 28.8 Å². The van der Waals surface area contributed by atoms with Crippen LogP contribution in [-0.4, -0.2) is 22.0 Å². The van der Waals surface area contributed by atoms with Gasteiger partial charge in [0.05, 0.1) is 12.1 Å². The molecule has 0 unspecified atom stereocenters. The molecular formula is C12H8F2N2O4. The van der Waals surface area contributed by atoms with Gasteiger partial charge in [0.2, 0.25) is 11.7 Å². The molecule has 0 radical (unpaired) electrons. The quantitative estimate of drug-likeness (QED) is 0.830. The number of aromatic carboxylic acids is 1. The number of carbonyl (C=O) groups is 2. The van der Waals surface area contributed by atoms with E-state index in [0.29, 0.717) is 0 Å². The van der Waals surface area contributed by atoms with E-state index in [4.69, 9.17) is 9.52 Å². The molecule has 2 N–H and O–H groups in total. The van der Waals surface area contributed by atoms with Crippen LogP contribution in [0.5, 0.6) is 0 Å². The van der Waals surface area contributed by atoms with E-state index in [-0.39, 0.29) is 18.1 Å². The summed E-state index contributed by atoms with van der Waals surface area (Å²) in [5, 5.41) is 10.9. The van der Waals surface area contributed by atoms with Crippen LogP contribution in [0.4, 0.5) is 8.78 Å². The summed E-state index contributed by atoms with van der Waals surface area (Å²) in [5.41, 5.74) is -0.498. The lowest BCUT2D eigenvalue weighted by molar-refractivity contribution is 0.0660. The fourth-order valence-electron chi connectivity index (χ4n) is 1.44. The van der Waals surface area contributed by atoms with Gasteiger partial charge in [0.15, 0.2) is 5.82 Å². The van der Waals surface area contributed by atoms with Crippen LogP contribution in [-0.2, 0) is 6.54 Å². The minimum absolute atomic E-state index is 0.157. The van der Waals surface area contributed by atoms with Crippen molar-refractivity contribution in [2.24, 2.45) is 0 Å². The molecule has 8 heteroatoms. The van der Waals surface area contributed by atoms with Gasteiger partial charge < -0.3 is 14.8 Å². The van der Waals surface area contributed by atoms with Crippen molar-refractivity contribution in [2.45, 2.75) is 6.54 Å². The van der Waals surface area contributed by atoms with Crippen molar-refractivity contribution in [2.75, 3.05) is 0 Å². The molecule has 2 heterocycles. The first-order chi connectivity index (χ1) is 9.49. The van der Waals surface area contributed by atoms with Gasteiger partial charge in [0.1, 0.15) is 5.76 Å².